The van der Waals surface area contributed by atoms with Crippen LogP contribution in [0.3, 0.4) is 0 Å². The molecular weight excluding hydrogens is 757 g/mol. The van der Waals surface area contributed by atoms with E-state index < -0.39 is 11.8 Å². The minimum Gasteiger partial charge on any atom is -0.512 e. The van der Waals surface area contributed by atoms with Gasteiger partial charge >= 0.3 is 0 Å². The Morgan fingerprint density at radius 2 is 1.67 bits per heavy atom. The number of fused-ring (bicyclic) bond motifs is 4. The maximum absolute atomic E-state index is 11.7. The quantitative estimate of drug-likeness (QED) is 0.0912. The Bertz CT molecular complexity index is 1880. The standard InChI is InChI=1S/C25H23N2OS.C13H24O2.Ir/c1-14-9-10-17-16-7-6-8-18(23(16)28-24(17)26-14)20-11-12-21-22(27-20)19(15(2)29-21)13-25(3,4)5;1-5-10(6-2)12(14)9-13(15)11(7-3)8-4;/h6-7,9-12H,13H2,1-5H3;9-11,14H,5-8H2,1-4H3;/q-1;;/b;12-9-;/i13D2;;. The van der Waals surface area contributed by atoms with Gasteiger partial charge in [0.25, 0.3) is 0 Å². The van der Waals surface area contributed by atoms with E-state index in [0.29, 0.717) is 16.9 Å². The zero-order valence-corrected chi connectivity index (χ0v) is 31.1. The smallest absolute Gasteiger partial charge is 0.216 e. The summed E-state index contributed by atoms with van der Waals surface area (Å²) in [4.78, 5) is 22.1. The number of aryl methyl sites for hydroxylation is 2. The Morgan fingerprint density at radius 3 is 2.29 bits per heavy atom. The predicted molar refractivity (Wildman–Crippen MR) is 185 cm³/mol. The van der Waals surface area contributed by atoms with E-state index in [9.17, 15) is 9.90 Å². The van der Waals surface area contributed by atoms with Gasteiger partial charge < -0.3 is 9.52 Å². The molecule has 5 rings (SSSR count). The summed E-state index contributed by atoms with van der Waals surface area (Å²) in [6.45, 7) is 17.8. The molecule has 0 saturated carbocycles. The minimum absolute atomic E-state index is 0. The molecule has 0 saturated heterocycles. The molecule has 45 heavy (non-hydrogen) atoms. The van der Waals surface area contributed by atoms with E-state index >= 15 is 0 Å². The Morgan fingerprint density at radius 1 is 1.00 bits per heavy atom. The first-order valence-electron chi connectivity index (χ1n) is 16.7. The molecule has 1 N–H and O–H groups in total. The van der Waals surface area contributed by atoms with Crippen LogP contribution in [0.2, 0.25) is 0 Å². The molecule has 1 radical (unpaired) electrons. The zero-order chi connectivity index (χ0) is 34.0. The average molecular weight is 806 g/mol. The number of carbonyl (C=O) groups excluding carboxylic acids is 1. The third-order valence-electron chi connectivity index (χ3n) is 7.99. The van der Waals surface area contributed by atoms with Gasteiger partial charge in [-0.2, -0.15) is 0 Å². The summed E-state index contributed by atoms with van der Waals surface area (Å²) < 4.78 is 24.8. The second-order valence-electron chi connectivity index (χ2n) is 12.5. The van der Waals surface area contributed by atoms with Crippen molar-refractivity contribution >= 4 is 49.4 Å². The molecule has 7 heteroatoms. The molecule has 0 amide bonds. The number of pyridine rings is 2. The maximum atomic E-state index is 11.7. The first-order valence-corrected chi connectivity index (χ1v) is 16.6. The second-order valence-corrected chi connectivity index (χ2v) is 13.7. The number of thiophene rings is 1. The summed E-state index contributed by atoms with van der Waals surface area (Å²) in [6.07, 6.45) is 3.39. The van der Waals surface area contributed by atoms with Crippen molar-refractivity contribution < 1.29 is 37.2 Å². The molecule has 5 aromatic rings. The molecule has 0 aliphatic rings. The van der Waals surface area contributed by atoms with Crippen LogP contribution >= 0.6 is 11.3 Å². The van der Waals surface area contributed by atoms with Crippen LogP contribution in [0.25, 0.3) is 43.5 Å². The van der Waals surface area contributed by atoms with Crippen molar-refractivity contribution in [2.45, 2.75) is 94.4 Å². The van der Waals surface area contributed by atoms with E-state index in [1.807, 2.05) is 98.7 Å². The molecule has 0 spiro atoms. The van der Waals surface area contributed by atoms with Gasteiger partial charge in [0.15, 0.2) is 5.78 Å². The van der Waals surface area contributed by atoms with Crippen LogP contribution in [0.15, 0.2) is 52.7 Å². The SMILES string of the molecule is CCC(CC)C(=O)/C=C(\O)C(CC)CC.[2H]C([2H])(c1c(C)sc2ccc(-c3[c-]ccc4c3oc3nc(C)ccc34)nc12)C(C)(C)C.[Ir]. The molecule has 1 aromatic carbocycles. The van der Waals surface area contributed by atoms with Gasteiger partial charge in [-0.15, -0.1) is 29.5 Å². The molecule has 0 fully saturated rings. The van der Waals surface area contributed by atoms with E-state index in [1.165, 1.54) is 6.08 Å². The third-order valence-corrected chi connectivity index (χ3v) is 9.05. The second kappa shape index (κ2) is 15.6. The van der Waals surface area contributed by atoms with Gasteiger partial charge in [-0.3, -0.25) is 9.78 Å². The topological polar surface area (TPSA) is 76.2 Å². The first-order chi connectivity index (χ1) is 21.7. The number of aliphatic hydroxyl groups excluding tert-OH is 1. The molecule has 4 heterocycles. The van der Waals surface area contributed by atoms with Crippen molar-refractivity contribution in [3.63, 3.8) is 0 Å². The number of aromatic nitrogens is 2. The number of aliphatic hydroxyl groups is 1. The van der Waals surface area contributed by atoms with Crippen LogP contribution in [0.4, 0.5) is 0 Å². The number of ketones is 1. The summed E-state index contributed by atoms with van der Waals surface area (Å²) >= 11 is 1.59. The van der Waals surface area contributed by atoms with Gasteiger partial charge in [0.1, 0.15) is 0 Å². The van der Waals surface area contributed by atoms with Crippen molar-refractivity contribution in [1.29, 1.82) is 0 Å². The first kappa shape index (κ1) is 33.5. The van der Waals surface area contributed by atoms with E-state index in [1.54, 1.807) is 11.3 Å². The van der Waals surface area contributed by atoms with Gasteiger partial charge in [0.05, 0.1) is 21.6 Å². The van der Waals surface area contributed by atoms with Gasteiger partial charge in [0, 0.05) is 56.7 Å². The normalized spacial score (nSPS) is 13.2. The molecule has 243 valence electrons. The van der Waals surface area contributed by atoms with E-state index in [2.05, 4.69) is 11.1 Å². The maximum Gasteiger partial charge on any atom is 0.216 e. The van der Waals surface area contributed by atoms with Crippen LogP contribution in [0.5, 0.6) is 0 Å². The number of carbonyl (C=O) groups is 1. The molecule has 0 unspecified atom stereocenters. The Kier molecular flexibility index (Phi) is 11.6. The van der Waals surface area contributed by atoms with Crippen molar-refractivity contribution in [2.75, 3.05) is 0 Å². The largest absolute Gasteiger partial charge is 0.512 e. The molecule has 5 nitrogen and oxygen atoms in total. The number of rotatable bonds is 9. The van der Waals surface area contributed by atoms with Crippen molar-refractivity contribution in [3.8, 4) is 11.3 Å². The van der Waals surface area contributed by atoms with Crippen molar-refractivity contribution in [3.05, 3.63) is 70.4 Å². The molecule has 0 aliphatic carbocycles. The fourth-order valence-corrected chi connectivity index (χ4v) is 6.40. The van der Waals surface area contributed by atoms with Crippen LogP contribution in [-0.4, -0.2) is 20.9 Å². The van der Waals surface area contributed by atoms with E-state index in [4.69, 9.17) is 12.1 Å². The van der Waals surface area contributed by atoms with E-state index in [0.717, 1.165) is 68.5 Å². The van der Waals surface area contributed by atoms with Gasteiger partial charge in [-0.1, -0.05) is 65.5 Å². The third kappa shape index (κ3) is 8.49. The minimum atomic E-state index is -1.52. The number of furan rings is 1. The molecule has 0 bridgehead atoms. The van der Waals surface area contributed by atoms with Crippen molar-refractivity contribution in [2.24, 2.45) is 17.3 Å². The summed E-state index contributed by atoms with van der Waals surface area (Å²) in [5.41, 5.74) is 4.53. The summed E-state index contributed by atoms with van der Waals surface area (Å²) in [7, 11) is 0. The molecule has 0 atom stereocenters. The fourth-order valence-electron chi connectivity index (χ4n) is 5.44. The van der Waals surface area contributed by atoms with Gasteiger partial charge in [0.2, 0.25) is 5.71 Å². The average Bonchev–Trinajstić information content (AvgIpc) is 3.54. The van der Waals surface area contributed by atoms with Crippen LogP contribution < -0.4 is 0 Å². The Hall–Kier alpha value is -2.86. The fraction of sp³-hybridized carbons (Fsp3) is 0.447. The zero-order valence-electron chi connectivity index (χ0n) is 29.9. The summed E-state index contributed by atoms with van der Waals surface area (Å²) in [5.74, 6) is 0.547. The predicted octanol–water partition coefficient (Wildman–Crippen LogP) is 11.1. The molecule has 4 aromatic heterocycles. The van der Waals surface area contributed by atoms with Crippen molar-refractivity contribution in [1.82, 2.24) is 9.97 Å². The monoisotopic (exact) mass is 806 g/mol. The number of hydrogen-bond acceptors (Lipinski definition) is 6. The Labute approximate surface area is 288 Å². The Balaban J connectivity index is 0.000000322. The number of nitrogens with zero attached hydrogens (tertiary/aromatic N) is 2. The van der Waals surface area contributed by atoms with Crippen LogP contribution in [-0.2, 0) is 31.3 Å². The van der Waals surface area contributed by atoms with Crippen LogP contribution in [0.1, 0.15) is 93.0 Å². The van der Waals surface area contributed by atoms with Crippen LogP contribution in [0, 0.1) is 37.2 Å². The van der Waals surface area contributed by atoms with E-state index in [-0.39, 0.29) is 43.5 Å². The van der Waals surface area contributed by atoms with Gasteiger partial charge in [-0.05, 0) is 80.8 Å². The van der Waals surface area contributed by atoms with Gasteiger partial charge in [-0.25, -0.2) is 4.98 Å². The number of hydrogen-bond donors (Lipinski definition) is 1. The summed E-state index contributed by atoms with van der Waals surface area (Å²) in [5, 5.41) is 11.7. The number of allylic oxidation sites excluding steroid dienone is 2. The number of benzene rings is 1. The summed E-state index contributed by atoms with van der Waals surface area (Å²) in [6, 6.07) is 15.2. The molecule has 0 aliphatic heterocycles. The molecular formula is C38H47IrN2O3S-.